The Balaban J connectivity index is 1.78. The highest BCUT2D eigenvalue weighted by molar-refractivity contribution is 5.79. The van der Waals surface area contributed by atoms with Crippen LogP contribution < -0.4 is 10.6 Å². The van der Waals surface area contributed by atoms with Crippen LogP contribution in [0.2, 0.25) is 0 Å². The van der Waals surface area contributed by atoms with Crippen LogP contribution in [-0.2, 0) is 0 Å². The second kappa shape index (κ2) is 6.92. The number of nitriles is 1. The lowest BCUT2D eigenvalue weighted by molar-refractivity contribution is 0.475. The fraction of sp³-hybridized carbons (Fsp3) is 0.200. The molecule has 0 spiro atoms. The van der Waals surface area contributed by atoms with Crippen LogP contribution in [0.5, 0.6) is 5.75 Å². The van der Waals surface area contributed by atoms with Gasteiger partial charge in [0.1, 0.15) is 23.2 Å². The molecule has 134 valence electrons. The zero-order valence-corrected chi connectivity index (χ0v) is 14.6. The average Bonchev–Trinajstić information content (AvgIpc) is 3.22. The number of benzene rings is 1. The predicted molar refractivity (Wildman–Crippen MR) is 103 cm³/mol. The van der Waals surface area contributed by atoms with Crippen LogP contribution in [0.3, 0.4) is 0 Å². The number of anilines is 2. The summed E-state index contributed by atoms with van der Waals surface area (Å²) in [6.45, 7) is 1.93. The summed E-state index contributed by atoms with van der Waals surface area (Å²) in [6, 6.07) is 10.6. The SMILES string of the molecule is N#Cc1c(-c2cnc(N3CCCC3)nc2)cc(-c2cccc(O)c2)nc1N. The fourth-order valence-corrected chi connectivity index (χ4v) is 3.26. The molecule has 0 amide bonds. The third kappa shape index (κ3) is 3.25. The quantitative estimate of drug-likeness (QED) is 0.740. The minimum Gasteiger partial charge on any atom is -0.508 e. The maximum Gasteiger partial charge on any atom is 0.225 e. The Morgan fingerprint density at radius 3 is 2.48 bits per heavy atom. The van der Waals surface area contributed by atoms with Gasteiger partial charge in [0, 0.05) is 42.2 Å². The molecule has 0 atom stereocenters. The molecule has 3 N–H and O–H groups in total. The van der Waals surface area contributed by atoms with Crippen molar-refractivity contribution >= 4 is 11.8 Å². The van der Waals surface area contributed by atoms with E-state index < -0.39 is 0 Å². The summed E-state index contributed by atoms with van der Waals surface area (Å²) in [6.07, 6.45) is 5.72. The molecular formula is C20H18N6O. The summed E-state index contributed by atoms with van der Waals surface area (Å²) in [5.74, 6) is 0.971. The Morgan fingerprint density at radius 2 is 1.81 bits per heavy atom. The number of pyridine rings is 1. The first-order chi connectivity index (χ1) is 13.2. The summed E-state index contributed by atoms with van der Waals surface area (Å²) in [4.78, 5) is 15.4. The molecule has 7 nitrogen and oxygen atoms in total. The van der Waals surface area contributed by atoms with E-state index in [0.29, 0.717) is 28.3 Å². The zero-order valence-electron chi connectivity index (χ0n) is 14.6. The number of hydrogen-bond donors (Lipinski definition) is 2. The lowest BCUT2D eigenvalue weighted by Crippen LogP contribution is -2.20. The van der Waals surface area contributed by atoms with Gasteiger partial charge in [0.25, 0.3) is 0 Å². The standard InChI is InChI=1S/C20H18N6O/c21-10-17-16(14-11-23-20(24-12-14)26-6-1-2-7-26)9-18(25-19(17)22)13-4-3-5-15(27)8-13/h3-5,8-9,11-12,27H,1-2,6-7H2,(H2,22,25). The van der Waals surface area contributed by atoms with E-state index in [9.17, 15) is 10.4 Å². The van der Waals surface area contributed by atoms with Gasteiger partial charge in [-0.2, -0.15) is 5.26 Å². The molecule has 4 rings (SSSR count). The number of hydrogen-bond acceptors (Lipinski definition) is 7. The third-order valence-corrected chi connectivity index (χ3v) is 4.64. The van der Waals surface area contributed by atoms with Crippen molar-refractivity contribution < 1.29 is 5.11 Å². The van der Waals surface area contributed by atoms with Gasteiger partial charge in [-0.3, -0.25) is 0 Å². The van der Waals surface area contributed by atoms with Gasteiger partial charge in [0.05, 0.1) is 5.69 Å². The summed E-state index contributed by atoms with van der Waals surface area (Å²) in [5, 5.41) is 19.3. The minimum absolute atomic E-state index is 0.136. The molecule has 1 aliphatic rings. The molecule has 0 unspecified atom stereocenters. The van der Waals surface area contributed by atoms with Crippen molar-refractivity contribution in [1.82, 2.24) is 15.0 Å². The van der Waals surface area contributed by atoms with Gasteiger partial charge in [-0.25, -0.2) is 15.0 Å². The smallest absolute Gasteiger partial charge is 0.225 e. The molecule has 3 aromatic rings. The van der Waals surface area contributed by atoms with Crippen molar-refractivity contribution in [2.45, 2.75) is 12.8 Å². The van der Waals surface area contributed by atoms with Crippen molar-refractivity contribution in [2.75, 3.05) is 23.7 Å². The van der Waals surface area contributed by atoms with Gasteiger partial charge in [-0.1, -0.05) is 12.1 Å². The third-order valence-electron chi connectivity index (χ3n) is 4.64. The van der Waals surface area contributed by atoms with Gasteiger partial charge < -0.3 is 15.7 Å². The molecule has 1 fully saturated rings. The predicted octanol–water partition coefficient (Wildman–Crippen LogP) is 2.97. The number of aromatic hydroxyl groups is 1. The number of phenolic OH excluding ortho intramolecular Hbond substituents is 1. The Hall–Kier alpha value is -3.66. The van der Waals surface area contributed by atoms with E-state index >= 15 is 0 Å². The van der Waals surface area contributed by atoms with Crippen LogP contribution in [-0.4, -0.2) is 33.1 Å². The van der Waals surface area contributed by atoms with Crippen molar-refractivity contribution in [3.05, 3.63) is 48.3 Å². The lowest BCUT2D eigenvalue weighted by atomic mass is 10.0. The Labute approximate surface area is 156 Å². The van der Waals surface area contributed by atoms with Crippen molar-refractivity contribution in [3.63, 3.8) is 0 Å². The zero-order chi connectivity index (χ0) is 18.8. The molecule has 27 heavy (non-hydrogen) atoms. The average molecular weight is 358 g/mol. The molecule has 0 aliphatic carbocycles. The van der Waals surface area contributed by atoms with Gasteiger partial charge in [0.15, 0.2) is 0 Å². The van der Waals surface area contributed by atoms with Gasteiger partial charge in [-0.15, -0.1) is 0 Å². The molecular weight excluding hydrogens is 340 g/mol. The molecule has 0 saturated carbocycles. The van der Waals surface area contributed by atoms with Crippen molar-refractivity contribution in [1.29, 1.82) is 5.26 Å². The topological polar surface area (TPSA) is 112 Å². The second-order valence-electron chi connectivity index (χ2n) is 6.44. The van der Waals surface area contributed by atoms with Gasteiger partial charge in [0.2, 0.25) is 5.95 Å². The minimum atomic E-state index is 0.136. The number of phenols is 1. The normalized spacial score (nSPS) is 13.5. The van der Waals surface area contributed by atoms with E-state index in [2.05, 4.69) is 25.9 Å². The van der Waals surface area contributed by atoms with Gasteiger partial charge >= 0.3 is 0 Å². The summed E-state index contributed by atoms with van der Waals surface area (Å²) in [7, 11) is 0. The molecule has 0 radical (unpaired) electrons. The molecule has 1 saturated heterocycles. The Bertz CT molecular complexity index is 1020. The number of nitrogens with zero attached hydrogens (tertiary/aromatic N) is 5. The molecule has 3 heterocycles. The van der Waals surface area contributed by atoms with Crippen molar-refractivity contribution in [3.8, 4) is 34.2 Å². The first-order valence-electron chi connectivity index (χ1n) is 8.73. The van der Waals surface area contributed by atoms with Crippen LogP contribution >= 0.6 is 0 Å². The highest BCUT2D eigenvalue weighted by Crippen LogP contribution is 2.32. The first-order valence-corrected chi connectivity index (χ1v) is 8.73. The van der Waals surface area contributed by atoms with E-state index in [0.717, 1.165) is 25.9 Å². The highest BCUT2D eigenvalue weighted by Gasteiger charge is 2.17. The van der Waals surface area contributed by atoms with E-state index in [-0.39, 0.29) is 17.1 Å². The molecule has 1 aliphatic heterocycles. The van der Waals surface area contributed by atoms with Crippen LogP contribution in [0.25, 0.3) is 22.4 Å². The maximum absolute atomic E-state index is 9.73. The maximum atomic E-state index is 9.73. The van der Waals surface area contributed by atoms with Crippen LogP contribution in [0.15, 0.2) is 42.7 Å². The van der Waals surface area contributed by atoms with E-state index in [1.165, 1.54) is 0 Å². The largest absolute Gasteiger partial charge is 0.508 e. The summed E-state index contributed by atoms with van der Waals surface area (Å²) >= 11 is 0. The Kier molecular flexibility index (Phi) is 4.30. The molecule has 0 bridgehead atoms. The number of nitrogen functional groups attached to an aromatic ring is 1. The highest BCUT2D eigenvalue weighted by atomic mass is 16.3. The summed E-state index contributed by atoms with van der Waals surface area (Å²) < 4.78 is 0. The van der Waals surface area contributed by atoms with Crippen molar-refractivity contribution in [2.24, 2.45) is 0 Å². The number of aromatic nitrogens is 3. The van der Waals surface area contributed by atoms with E-state index in [4.69, 9.17) is 5.73 Å². The monoisotopic (exact) mass is 358 g/mol. The van der Waals surface area contributed by atoms with Gasteiger partial charge in [-0.05, 0) is 31.0 Å². The van der Waals surface area contributed by atoms with Crippen LogP contribution in [0.4, 0.5) is 11.8 Å². The molecule has 2 aromatic heterocycles. The van der Waals surface area contributed by atoms with E-state index in [1.807, 2.05) is 6.07 Å². The van der Waals surface area contributed by atoms with Crippen LogP contribution in [0, 0.1) is 11.3 Å². The molecule has 1 aromatic carbocycles. The first kappa shape index (κ1) is 16.8. The molecule has 7 heteroatoms. The Morgan fingerprint density at radius 1 is 1.07 bits per heavy atom. The number of rotatable bonds is 3. The number of nitrogens with two attached hydrogens (primary N) is 1. The second-order valence-corrected chi connectivity index (χ2v) is 6.44. The lowest BCUT2D eigenvalue weighted by Gasteiger charge is -2.15. The van der Waals surface area contributed by atoms with Crippen LogP contribution in [0.1, 0.15) is 18.4 Å². The van der Waals surface area contributed by atoms with E-state index in [1.54, 1.807) is 36.7 Å². The fourth-order valence-electron chi connectivity index (χ4n) is 3.26. The summed E-state index contributed by atoms with van der Waals surface area (Å²) in [5.41, 5.74) is 8.92.